The van der Waals surface area contributed by atoms with Gasteiger partial charge >= 0.3 is 5.97 Å². The maximum Gasteiger partial charge on any atom is 0.340 e. The molecule has 0 saturated carbocycles. The first-order chi connectivity index (χ1) is 9.24. The molecule has 0 aliphatic rings. The van der Waals surface area contributed by atoms with Gasteiger partial charge in [-0.3, -0.25) is 0 Å². The van der Waals surface area contributed by atoms with Crippen molar-refractivity contribution in [2.24, 2.45) is 0 Å². The standard InChI is InChI=1S/C12H15N5O2/c1-2-3-7-19-12(18)10-8(5-4-6-9(10)13)11-14-16-17-15-11/h4-6H,2-3,7,13H2,1H3,(H,14,15,16,17). The van der Waals surface area contributed by atoms with Crippen LogP contribution < -0.4 is 5.73 Å². The summed E-state index contributed by atoms with van der Waals surface area (Å²) in [6.07, 6.45) is 1.77. The van der Waals surface area contributed by atoms with E-state index in [0.717, 1.165) is 12.8 Å². The summed E-state index contributed by atoms with van der Waals surface area (Å²) in [4.78, 5) is 12.1. The van der Waals surface area contributed by atoms with Crippen molar-refractivity contribution in [1.29, 1.82) is 0 Å². The van der Waals surface area contributed by atoms with Crippen LogP contribution in [0.15, 0.2) is 18.2 Å². The van der Waals surface area contributed by atoms with Crippen LogP contribution in [0.2, 0.25) is 0 Å². The number of carbonyl (C=O) groups is 1. The van der Waals surface area contributed by atoms with Crippen LogP contribution in [-0.2, 0) is 4.74 Å². The third kappa shape index (κ3) is 2.87. The average Bonchev–Trinajstić information content (AvgIpc) is 2.92. The minimum absolute atomic E-state index is 0.278. The number of aromatic nitrogens is 4. The lowest BCUT2D eigenvalue weighted by atomic mass is 10.1. The van der Waals surface area contributed by atoms with E-state index >= 15 is 0 Å². The number of nitrogens with two attached hydrogens (primary N) is 1. The Labute approximate surface area is 110 Å². The van der Waals surface area contributed by atoms with Crippen LogP contribution in [0.3, 0.4) is 0 Å². The van der Waals surface area contributed by atoms with Gasteiger partial charge in [0.2, 0.25) is 5.82 Å². The summed E-state index contributed by atoms with van der Waals surface area (Å²) in [6.45, 7) is 2.39. The number of nitrogens with one attached hydrogen (secondary N) is 1. The molecular formula is C12H15N5O2. The Morgan fingerprint density at radius 2 is 2.32 bits per heavy atom. The molecule has 19 heavy (non-hydrogen) atoms. The average molecular weight is 261 g/mol. The van der Waals surface area contributed by atoms with Crippen molar-refractivity contribution in [2.75, 3.05) is 12.3 Å². The number of esters is 1. The van der Waals surface area contributed by atoms with E-state index in [1.165, 1.54) is 0 Å². The molecule has 0 unspecified atom stereocenters. The number of carbonyl (C=O) groups excluding carboxylic acids is 1. The zero-order valence-corrected chi connectivity index (χ0v) is 10.6. The first-order valence-corrected chi connectivity index (χ1v) is 6.03. The lowest BCUT2D eigenvalue weighted by molar-refractivity contribution is 0.0502. The van der Waals surface area contributed by atoms with E-state index in [-0.39, 0.29) is 5.56 Å². The Morgan fingerprint density at radius 3 is 3.00 bits per heavy atom. The van der Waals surface area contributed by atoms with Crippen LogP contribution in [0.1, 0.15) is 30.1 Å². The molecular weight excluding hydrogens is 246 g/mol. The van der Waals surface area contributed by atoms with Gasteiger partial charge in [-0.25, -0.2) is 4.79 Å². The lowest BCUT2D eigenvalue weighted by Gasteiger charge is -2.09. The largest absolute Gasteiger partial charge is 0.462 e. The summed E-state index contributed by atoms with van der Waals surface area (Å²) in [6, 6.07) is 5.07. The molecule has 2 aromatic rings. The van der Waals surface area contributed by atoms with Gasteiger partial charge in [0.1, 0.15) is 0 Å². The molecule has 1 heterocycles. The first-order valence-electron chi connectivity index (χ1n) is 6.03. The van der Waals surface area contributed by atoms with Crippen molar-refractivity contribution in [1.82, 2.24) is 20.6 Å². The molecule has 1 aromatic heterocycles. The van der Waals surface area contributed by atoms with Crippen LogP contribution in [-0.4, -0.2) is 33.2 Å². The van der Waals surface area contributed by atoms with Crippen molar-refractivity contribution in [3.05, 3.63) is 23.8 Å². The summed E-state index contributed by atoms with van der Waals surface area (Å²) in [5.41, 5.74) is 6.97. The smallest absolute Gasteiger partial charge is 0.340 e. The normalized spacial score (nSPS) is 10.4. The van der Waals surface area contributed by atoms with Gasteiger partial charge < -0.3 is 10.5 Å². The van der Waals surface area contributed by atoms with Gasteiger partial charge in [-0.2, -0.15) is 5.21 Å². The predicted molar refractivity (Wildman–Crippen MR) is 69.2 cm³/mol. The third-order valence-electron chi connectivity index (χ3n) is 2.62. The molecule has 0 aliphatic carbocycles. The Bertz CT molecular complexity index is 553. The van der Waals surface area contributed by atoms with E-state index in [1.54, 1.807) is 18.2 Å². The minimum atomic E-state index is -0.466. The molecule has 0 saturated heterocycles. The van der Waals surface area contributed by atoms with Crippen molar-refractivity contribution >= 4 is 11.7 Å². The van der Waals surface area contributed by atoms with E-state index in [4.69, 9.17) is 10.5 Å². The molecule has 1 aromatic carbocycles. The minimum Gasteiger partial charge on any atom is -0.462 e. The number of H-pyrrole nitrogens is 1. The highest BCUT2D eigenvalue weighted by Crippen LogP contribution is 2.25. The maximum atomic E-state index is 12.1. The zero-order chi connectivity index (χ0) is 13.7. The van der Waals surface area contributed by atoms with Crippen LogP contribution in [0.4, 0.5) is 5.69 Å². The van der Waals surface area contributed by atoms with Gasteiger partial charge in [-0.05, 0) is 17.7 Å². The summed E-state index contributed by atoms with van der Waals surface area (Å²) >= 11 is 0. The van der Waals surface area contributed by atoms with Crippen molar-refractivity contribution in [2.45, 2.75) is 19.8 Å². The highest BCUT2D eigenvalue weighted by Gasteiger charge is 2.19. The summed E-state index contributed by atoms with van der Waals surface area (Å²) in [7, 11) is 0. The highest BCUT2D eigenvalue weighted by atomic mass is 16.5. The Morgan fingerprint density at radius 1 is 1.47 bits per heavy atom. The fraction of sp³-hybridized carbons (Fsp3) is 0.333. The van der Waals surface area contributed by atoms with Gasteiger partial charge in [0.15, 0.2) is 0 Å². The van der Waals surface area contributed by atoms with E-state index in [9.17, 15) is 4.79 Å². The maximum absolute atomic E-state index is 12.1. The van der Waals surface area contributed by atoms with E-state index < -0.39 is 5.97 Å². The second-order valence-corrected chi connectivity index (χ2v) is 3.99. The third-order valence-corrected chi connectivity index (χ3v) is 2.62. The van der Waals surface area contributed by atoms with Crippen molar-refractivity contribution in [3.63, 3.8) is 0 Å². The SMILES string of the molecule is CCCCOC(=O)c1c(N)cccc1-c1nn[nH]n1. The first kappa shape index (κ1) is 13.0. The molecule has 0 spiro atoms. The number of anilines is 1. The molecule has 0 amide bonds. The monoisotopic (exact) mass is 261 g/mol. The van der Waals surface area contributed by atoms with Gasteiger partial charge in [0.25, 0.3) is 0 Å². The zero-order valence-electron chi connectivity index (χ0n) is 10.6. The Kier molecular flexibility index (Phi) is 4.07. The second kappa shape index (κ2) is 5.94. The number of nitrogen functional groups attached to an aromatic ring is 1. The van der Waals surface area contributed by atoms with E-state index in [0.29, 0.717) is 23.7 Å². The summed E-state index contributed by atoms with van der Waals surface area (Å²) < 4.78 is 5.18. The molecule has 0 bridgehead atoms. The van der Waals surface area contributed by atoms with E-state index in [2.05, 4.69) is 20.6 Å². The van der Waals surface area contributed by atoms with Gasteiger partial charge in [0, 0.05) is 11.3 Å². The van der Waals surface area contributed by atoms with Crippen LogP contribution in [0, 0.1) is 0 Å². The van der Waals surface area contributed by atoms with Crippen LogP contribution in [0.25, 0.3) is 11.4 Å². The van der Waals surface area contributed by atoms with Gasteiger partial charge in [0.05, 0.1) is 12.2 Å². The fourth-order valence-electron chi connectivity index (χ4n) is 1.64. The topological polar surface area (TPSA) is 107 Å². The molecule has 2 rings (SSSR count). The summed E-state index contributed by atoms with van der Waals surface area (Å²) in [5.74, 6) is -0.152. The Hall–Kier alpha value is -2.44. The molecule has 100 valence electrons. The molecule has 7 nitrogen and oxygen atoms in total. The van der Waals surface area contributed by atoms with Crippen molar-refractivity contribution < 1.29 is 9.53 Å². The van der Waals surface area contributed by atoms with Gasteiger partial charge in [-0.15, -0.1) is 10.2 Å². The van der Waals surface area contributed by atoms with Crippen LogP contribution >= 0.6 is 0 Å². The number of ether oxygens (including phenoxy) is 1. The van der Waals surface area contributed by atoms with Crippen molar-refractivity contribution in [3.8, 4) is 11.4 Å². The van der Waals surface area contributed by atoms with E-state index in [1.807, 2.05) is 6.92 Å². The quantitative estimate of drug-likeness (QED) is 0.478. The van der Waals surface area contributed by atoms with Gasteiger partial charge in [-0.1, -0.05) is 25.5 Å². The number of rotatable bonds is 5. The number of aromatic amines is 1. The van der Waals surface area contributed by atoms with Crippen LogP contribution in [0.5, 0.6) is 0 Å². The molecule has 3 N–H and O–H groups in total. The number of hydrogen-bond acceptors (Lipinski definition) is 6. The molecule has 0 fully saturated rings. The highest BCUT2D eigenvalue weighted by molar-refractivity contribution is 6.01. The Balaban J connectivity index is 2.31. The molecule has 0 aliphatic heterocycles. The molecule has 0 radical (unpaired) electrons. The summed E-state index contributed by atoms with van der Waals surface area (Å²) in [5, 5.41) is 13.5. The predicted octanol–water partition coefficient (Wildman–Crippen LogP) is 1.41. The molecule has 7 heteroatoms. The number of tetrazole rings is 1. The number of unbranched alkanes of at least 4 members (excludes halogenated alkanes) is 1. The molecule has 0 atom stereocenters. The number of benzene rings is 1. The number of nitrogens with zero attached hydrogens (tertiary/aromatic N) is 3. The number of hydrogen-bond donors (Lipinski definition) is 2. The fourth-order valence-corrected chi connectivity index (χ4v) is 1.64. The lowest BCUT2D eigenvalue weighted by Crippen LogP contribution is -2.11. The second-order valence-electron chi connectivity index (χ2n) is 3.99.